The van der Waals surface area contributed by atoms with E-state index in [0.717, 1.165) is 44.9 Å². The number of nitrogens with zero attached hydrogens (tertiary/aromatic N) is 2. The van der Waals surface area contributed by atoms with Gasteiger partial charge in [0.2, 0.25) is 5.56 Å². The van der Waals surface area contributed by atoms with Gasteiger partial charge in [-0.1, -0.05) is 19.9 Å². The van der Waals surface area contributed by atoms with Gasteiger partial charge in [0, 0.05) is 38.9 Å². The molecule has 0 aliphatic heterocycles. The Balaban J connectivity index is 0.00000441. The number of nitrogens with one attached hydrogen (secondary N) is 2. The Labute approximate surface area is 150 Å². The van der Waals surface area contributed by atoms with E-state index in [1.807, 2.05) is 12.3 Å². The van der Waals surface area contributed by atoms with Crippen LogP contribution in [0.15, 0.2) is 34.2 Å². The number of guanidine groups is 1. The number of halogens is 1. The van der Waals surface area contributed by atoms with Gasteiger partial charge < -0.3 is 15.2 Å². The Morgan fingerprint density at radius 2 is 1.95 bits per heavy atom. The zero-order valence-corrected chi connectivity index (χ0v) is 16.2. The standard InChI is InChI=1S/C16H28N4O.HI/c1-14(2)9-11-19-16(17-3)18-10-5-7-13-20-12-6-4-8-15(20)21;/h4,6,8,12,14H,5,7,9-11,13H2,1-3H3,(H2,17,18,19);1H. The van der Waals surface area contributed by atoms with Crippen LogP contribution in [0.2, 0.25) is 0 Å². The van der Waals surface area contributed by atoms with Gasteiger partial charge in [-0.2, -0.15) is 0 Å². The lowest BCUT2D eigenvalue weighted by Gasteiger charge is -2.13. The maximum absolute atomic E-state index is 11.5. The van der Waals surface area contributed by atoms with E-state index in [2.05, 4.69) is 29.5 Å². The van der Waals surface area contributed by atoms with Crippen LogP contribution in [0.25, 0.3) is 0 Å². The highest BCUT2D eigenvalue weighted by atomic mass is 127. The summed E-state index contributed by atoms with van der Waals surface area (Å²) in [6.07, 6.45) is 4.95. The zero-order valence-electron chi connectivity index (χ0n) is 13.8. The van der Waals surface area contributed by atoms with E-state index < -0.39 is 0 Å². The second-order valence-corrected chi connectivity index (χ2v) is 5.55. The first-order valence-corrected chi connectivity index (χ1v) is 7.73. The summed E-state index contributed by atoms with van der Waals surface area (Å²) in [6, 6.07) is 5.26. The number of aryl methyl sites for hydroxylation is 1. The molecule has 0 aromatic carbocycles. The Hall–Kier alpha value is -1.05. The smallest absolute Gasteiger partial charge is 0.250 e. The average Bonchev–Trinajstić information content (AvgIpc) is 2.46. The molecule has 0 fully saturated rings. The Kier molecular flexibility index (Phi) is 11.9. The minimum atomic E-state index is 0. The van der Waals surface area contributed by atoms with Gasteiger partial charge >= 0.3 is 0 Å². The fraction of sp³-hybridized carbons (Fsp3) is 0.625. The van der Waals surface area contributed by atoms with E-state index in [0.29, 0.717) is 5.92 Å². The molecule has 5 nitrogen and oxygen atoms in total. The summed E-state index contributed by atoms with van der Waals surface area (Å²) in [5.41, 5.74) is 0.0663. The molecular weight excluding hydrogens is 391 g/mol. The highest BCUT2D eigenvalue weighted by molar-refractivity contribution is 14.0. The molecule has 0 bridgehead atoms. The van der Waals surface area contributed by atoms with Crippen molar-refractivity contribution in [2.45, 2.75) is 39.7 Å². The maximum Gasteiger partial charge on any atom is 0.250 e. The molecule has 0 amide bonds. The summed E-state index contributed by atoms with van der Waals surface area (Å²) in [7, 11) is 1.79. The minimum Gasteiger partial charge on any atom is -0.356 e. The fourth-order valence-electron chi connectivity index (χ4n) is 1.96. The second-order valence-electron chi connectivity index (χ2n) is 5.55. The molecule has 6 heteroatoms. The molecule has 1 aromatic heterocycles. The number of hydrogen-bond acceptors (Lipinski definition) is 2. The van der Waals surface area contributed by atoms with E-state index in [1.54, 1.807) is 23.7 Å². The second kappa shape index (κ2) is 12.5. The van der Waals surface area contributed by atoms with Gasteiger partial charge in [0.15, 0.2) is 5.96 Å². The number of aliphatic imine (C=N–C) groups is 1. The van der Waals surface area contributed by atoms with Gasteiger partial charge in [0.25, 0.3) is 0 Å². The first kappa shape index (κ1) is 20.9. The minimum absolute atomic E-state index is 0. The van der Waals surface area contributed by atoms with Crippen molar-refractivity contribution in [2.75, 3.05) is 20.1 Å². The Bertz CT molecular complexity index is 485. The summed E-state index contributed by atoms with van der Waals surface area (Å²) < 4.78 is 1.75. The molecule has 22 heavy (non-hydrogen) atoms. The van der Waals surface area contributed by atoms with Crippen LogP contribution in [-0.2, 0) is 6.54 Å². The van der Waals surface area contributed by atoms with E-state index in [-0.39, 0.29) is 29.5 Å². The molecule has 0 saturated heterocycles. The van der Waals surface area contributed by atoms with Gasteiger partial charge in [0.1, 0.15) is 0 Å². The van der Waals surface area contributed by atoms with Crippen molar-refractivity contribution in [3.8, 4) is 0 Å². The third kappa shape index (κ3) is 9.07. The number of unbranched alkanes of at least 4 members (excludes halogenated alkanes) is 1. The molecular formula is C16H29IN4O. The van der Waals surface area contributed by atoms with E-state index in [1.165, 1.54) is 0 Å². The molecule has 0 radical (unpaired) electrons. The van der Waals surface area contributed by atoms with Crippen molar-refractivity contribution in [3.05, 3.63) is 34.7 Å². The number of hydrogen-bond donors (Lipinski definition) is 2. The molecule has 1 heterocycles. The Morgan fingerprint density at radius 1 is 1.23 bits per heavy atom. The van der Waals surface area contributed by atoms with Crippen molar-refractivity contribution in [2.24, 2.45) is 10.9 Å². The zero-order chi connectivity index (χ0) is 15.5. The molecule has 0 atom stereocenters. The molecule has 2 N–H and O–H groups in total. The fourth-order valence-corrected chi connectivity index (χ4v) is 1.96. The van der Waals surface area contributed by atoms with Crippen molar-refractivity contribution < 1.29 is 0 Å². The summed E-state index contributed by atoms with van der Waals surface area (Å²) >= 11 is 0. The van der Waals surface area contributed by atoms with Gasteiger partial charge in [-0.25, -0.2) is 0 Å². The molecule has 1 aromatic rings. The molecule has 0 saturated carbocycles. The lowest BCUT2D eigenvalue weighted by molar-refractivity contribution is 0.566. The first-order valence-electron chi connectivity index (χ1n) is 7.73. The van der Waals surface area contributed by atoms with Gasteiger partial charge in [-0.15, -0.1) is 24.0 Å². The highest BCUT2D eigenvalue weighted by Gasteiger charge is 1.99. The summed E-state index contributed by atoms with van der Waals surface area (Å²) in [5, 5.41) is 6.60. The van der Waals surface area contributed by atoms with E-state index in [4.69, 9.17) is 0 Å². The largest absolute Gasteiger partial charge is 0.356 e. The predicted molar refractivity (Wildman–Crippen MR) is 104 cm³/mol. The maximum atomic E-state index is 11.5. The predicted octanol–water partition coefficient (Wildman–Crippen LogP) is 2.46. The molecule has 1 rings (SSSR count). The van der Waals surface area contributed by atoms with E-state index >= 15 is 0 Å². The van der Waals surface area contributed by atoms with Crippen LogP contribution >= 0.6 is 24.0 Å². The highest BCUT2D eigenvalue weighted by Crippen LogP contribution is 1.96. The van der Waals surface area contributed by atoms with Crippen LogP contribution in [0.5, 0.6) is 0 Å². The number of aromatic nitrogens is 1. The molecule has 0 unspecified atom stereocenters. The quantitative estimate of drug-likeness (QED) is 0.294. The monoisotopic (exact) mass is 420 g/mol. The molecule has 126 valence electrons. The van der Waals surface area contributed by atoms with Crippen LogP contribution in [-0.4, -0.2) is 30.7 Å². The third-order valence-electron chi connectivity index (χ3n) is 3.25. The van der Waals surface area contributed by atoms with E-state index in [9.17, 15) is 4.79 Å². The molecule has 0 aliphatic carbocycles. The normalized spacial score (nSPS) is 11.2. The van der Waals surface area contributed by atoms with Crippen molar-refractivity contribution in [1.82, 2.24) is 15.2 Å². The van der Waals surface area contributed by atoms with Crippen molar-refractivity contribution in [1.29, 1.82) is 0 Å². The Morgan fingerprint density at radius 3 is 2.59 bits per heavy atom. The lowest BCUT2D eigenvalue weighted by atomic mass is 10.1. The molecule has 0 aliphatic rings. The summed E-state index contributed by atoms with van der Waals surface area (Å²) in [4.78, 5) is 15.7. The number of rotatable bonds is 8. The lowest BCUT2D eigenvalue weighted by Crippen LogP contribution is -2.38. The topological polar surface area (TPSA) is 58.4 Å². The van der Waals surface area contributed by atoms with Gasteiger partial charge in [0.05, 0.1) is 0 Å². The van der Waals surface area contributed by atoms with Crippen LogP contribution < -0.4 is 16.2 Å². The summed E-state index contributed by atoms with van der Waals surface area (Å²) in [6.45, 7) is 6.99. The summed E-state index contributed by atoms with van der Waals surface area (Å²) in [5.74, 6) is 1.55. The average molecular weight is 420 g/mol. The van der Waals surface area contributed by atoms with Crippen LogP contribution in [0.3, 0.4) is 0 Å². The van der Waals surface area contributed by atoms with Gasteiger partial charge in [-0.3, -0.25) is 9.79 Å². The first-order chi connectivity index (χ1) is 10.1. The third-order valence-corrected chi connectivity index (χ3v) is 3.25. The van der Waals surface area contributed by atoms with Gasteiger partial charge in [-0.05, 0) is 31.2 Å². The number of pyridine rings is 1. The molecule has 0 spiro atoms. The van der Waals surface area contributed by atoms with Crippen molar-refractivity contribution in [3.63, 3.8) is 0 Å². The van der Waals surface area contributed by atoms with Crippen LogP contribution in [0.4, 0.5) is 0 Å². The van der Waals surface area contributed by atoms with Crippen molar-refractivity contribution >= 4 is 29.9 Å². The SMILES string of the molecule is CN=C(NCCCCn1ccccc1=O)NCCC(C)C.I. The van der Waals surface area contributed by atoms with Crippen LogP contribution in [0, 0.1) is 5.92 Å². The van der Waals surface area contributed by atoms with Crippen LogP contribution in [0.1, 0.15) is 33.1 Å².